The first-order chi connectivity index (χ1) is 24.1. The lowest BCUT2D eigenvalue weighted by Gasteiger charge is -2.67. The van der Waals surface area contributed by atoms with E-state index in [-0.39, 0.29) is 37.2 Å². The quantitative estimate of drug-likeness (QED) is 0.130. The van der Waals surface area contributed by atoms with Crippen molar-refractivity contribution in [2.24, 2.45) is 39.9 Å². The van der Waals surface area contributed by atoms with Crippen molar-refractivity contribution < 1.29 is 49.0 Å². The molecule has 1 aliphatic heterocycles. The fourth-order valence-electron chi connectivity index (χ4n) is 10.9. The van der Waals surface area contributed by atoms with Crippen LogP contribution >= 0.6 is 0 Å². The summed E-state index contributed by atoms with van der Waals surface area (Å²) >= 11 is 0. The zero-order valence-electron chi connectivity index (χ0n) is 33.2. The minimum Gasteiger partial charge on any atom is -0.481 e. The number of carboxylic acids is 1. The molecular formula is C42H64O10. The Bertz CT molecular complexity index is 1500. The highest BCUT2D eigenvalue weighted by Gasteiger charge is 2.71. The van der Waals surface area contributed by atoms with Gasteiger partial charge in [0.1, 0.15) is 12.2 Å². The number of rotatable bonds is 12. The van der Waals surface area contributed by atoms with Crippen LogP contribution in [0.3, 0.4) is 0 Å². The van der Waals surface area contributed by atoms with E-state index in [0.29, 0.717) is 24.2 Å². The van der Waals surface area contributed by atoms with Gasteiger partial charge in [-0.1, -0.05) is 56.2 Å². The van der Waals surface area contributed by atoms with Crippen molar-refractivity contribution in [3.8, 4) is 0 Å². The first kappa shape index (κ1) is 42.0. The topological polar surface area (TPSA) is 160 Å². The molecule has 292 valence electrons. The van der Waals surface area contributed by atoms with E-state index in [0.717, 1.165) is 18.4 Å². The second-order valence-corrected chi connectivity index (χ2v) is 17.6. The smallest absolute Gasteiger partial charge is 0.339 e. The van der Waals surface area contributed by atoms with Crippen molar-refractivity contribution in [1.82, 2.24) is 0 Å². The van der Waals surface area contributed by atoms with Crippen molar-refractivity contribution in [2.45, 2.75) is 151 Å². The van der Waals surface area contributed by atoms with Gasteiger partial charge in [0.25, 0.3) is 0 Å². The molecule has 0 aromatic rings. The summed E-state index contributed by atoms with van der Waals surface area (Å²) in [5.41, 5.74) is -0.749. The Kier molecular flexibility index (Phi) is 12.5. The van der Waals surface area contributed by atoms with Gasteiger partial charge in [-0.15, -0.1) is 0 Å². The number of ether oxygens (including phenoxy) is 3. The summed E-state index contributed by atoms with van der Waals surface area (Å²) in [4.78, 5) is 39.8. The Morgan fingerprint density at radius 1 is 0.981 bits per heavy atom. The summed E-state index contributed by atoms with van der Waals surface area (Å²) in [5, 5.41) is 43.9. The number of carbonyl (C=O) groups excluding carboxylic acids is 2. The molecule has 10 nitrogen and oxygen atoms in total. The highest BCUT2D eigenvalue weighted by Crippen LogP contribution is 2.72. The van der Waals surface area contributed by atoms with Gasteiger partial charge in [0.2, 0.25) is 0 Å². The SMILES string of the molecule is C/C=C(\C)[C@@H](O)C(=O)O[C@@H]1C[C@]2(C)C(=CC[C@H]2[C@H]2CO[C@H](C=C(C)C)C2)[C@@]2(C)[C@H]1[C@@](C)(CCC(=O)O)[C@H](C(C)(C)O)C[C@H]2OC(=O)[C@H](O)/C(C)=C/C. The molecule has 52 heavy (non-hydrogen) atoms. The van der Waals surface area contributed by atoms with Crippen molar-refractivity contribution in [3.05, 3.63) is 46.6 Å². The van der Waals surface area contributed by atoms with Crippen LogP contribution in [-0.4, -0.2) is 81.1 Å². The van der Waals surface area contributed by atoms with Crippen LogP contribution in [0.2, 0.25) is 0 Å². The third kappa shape index (κ3) is 7.73. The second-order valence-electron chi connectivity index (χ2n) is 17.6. The van der Waals surface area contributed by atoms with Crippen LogP contribution in [0.25, 0.3) is 0 Å². The molecule has 0 aromatic carbocycles. The van der Waals surface area contributed by atoms with Crippen LogP contribution in [0.5, 0.6) is 0 Å². The standard InChI is InChI=1S/C42H64O10/c1-12-24(5)34(45)37(47)51-29-21-41(10)28(26-19-27(50-22-26)18-23(3)4)14-15-30(41)42(11)32(52-38(48)35(46)25(6)13-2)20-31(39(7,8)49)40(9,36(29)42)17-16-33(43)44/h12-13,15,18,26-29,31-32,34-36,45-46,49H,14,16-17,19-22H2,1-11H3,(H,43,44)/b24-12+,25-13+/t26-,27-,28+,29-,31+,32-,34-,35-,36-,40+,41+,42-/m1/s1. The number of carbonyl (C=O) groups is 3. The molecule has 12 atom stereocenters. The molecular weight excluding hydrogens is 664 g/mol. The van der Waals surface area contributed by atoms with Gasteiger partial charge in [0, 0.05) is 17.8 Å². The van der Waals surface area contributed by atoms with E-state index in [4.69, 9.17) is 14.2 Å². The Morgan fingerprint density at radius 3 is 2.08 bits per heavy atom. The van der Waals surface area contributed by atoms with Gasteiger partial charge >= 0.3 is 17.9 Å². The maximum atomic E-state index is 13.9. The minimum atomic E-state index is -1.50. The van der Waals surface area contributed by atoms with Crippen LogP contribution in [0.1, 0.15) is 115 Å². The average Bonchev–Trinajstić information content (AvgIpc) is 3.65. The number of allylic oxidation sites excluding steroid dienone is 4. The van der Waals surface area contributed by atoms with Gasteiger partial charge in [-0.25, -0.2) is 9.59 Å². The Balaban J connectivity index is 1.96. The molecule has 0 bridgehead atoms. The first-order valence-electron chi connectivity index (χ1n) is 19.0. The average molecular weight is 729 g/mol. The summed E-state index contributed by atoms with van der Waals surface area (Å²) in [6.45, 7) is 21.0. The highest BCUT2D eigenvalue weighted by molar-refractivity contribution is 5.79. The summed E-state index contributed by atoms with van der Waals surface area (Å²) in [6.07, 6.45) is 5.11. The zero-order chi connectivity index (χ0) is 39.1. The lowest BCUT2D eigenvalue weighted by molar-refractivity contribution is -0.241. The van der Waals surface area contributed by atoms with E-state index >= 15 is 0 Å². The van der Waals surface area contributed by atoms with Gasteiger partial charge < -0.3 is 34.6 Å². The van der Waals surface area contributed by atoms with E-state index in [1.165, 1.54) is 5.57 Å². The summed E-state index contributed by atoms with van der Waals surface area (Å²) < 4.78 is 19.1. The monoisotopic (exact) mass is 728 g/mol. The molecule has 1 heterocycles. The number of fused-ring (bicyclic) bond motifs is 3. The molecule has 0 radical (unpaired) electrons. The van der Waals surface area contributed by atoms with Gasteiger partial charge in [0.05, 0.1) is 18.3 Å². The molecule has 4 aliphatic rings. The minimum absolute atomic E-state index is 0.00580. The number of aliphatic hydroxyl groups excluding tert-OH is 2. The van der Waals surface area contributed by atoms with Gasteiger partial charge in [-0.3, -0.25) is 4.79 Å². The van der Waals surface area contributed by atoms with E-state index in [9.17, 15) is 34.8 Å². The van der Waals surface area contributed by atoms with Gasteiger partial charge in [0.15, 0.2) is 12.2 Å². The molecule has 3 aliphatic carbocycles. The molecule has 0 aromatic heterocycles. The fourth-order valence-corrected chi connectivity index (χ4v) is 10.9. The van der Waals surface area contributed by atoms with Crippen molar-refractivity contribution in [1.29, 1.82) is 0 Å². The number of aliphatic hydroxyl groups is 3. The largest absolute Gasteiger partial charge is 0.481 e. The maximum absolute atomic E-state index is 13.9. The Morgan fingerprint density at radius 2 is 1.56 bits per heavy atom. The van der Waals surface area contributed by atoms with Gasteiger partial charge in [-0.2, -0.15) is 0 Å². The number of aliphatic carboxylic acids is 1. The molecule has 1 saturated heterocycles. The molecule has 0 spiro atoms. The van der Waals surface area contributed by atoms with Crippen LogP contribution in [-0.2, 0) is 28.6 Å². The number of esters is 2. The predicted octanol–water partition coefficient (Wildman–Crippen LogP) is 6.48. The maximum Gasteiger partial charge on any atom is 0.339 e. The number of hydrogen-bond acceptors (Lipinski definition) is 9. The summed E-state index contributed by atoms with van der Waals surface area (Å²) in [5.74, 6) is -3.55. The third-order valence-electron chi connectivity index (χ3n) is 13.5. The van der Waals surface area contributed by atoms with Crippen molar-refractivity contribution in [2.75, 3.05) is 6.61 Å². The molecule has 4 N–H and O–H groups in total. The second kappa shape index (κ2) is 15.5. The molecule has 0 unspecified atom stereocenters. The number of carboxylic acid groups (broad SMARTS) is 1. The normalized spacial score (nSPS) is 37.7. The lowest BCUT2D eigenvalue weighted by Crippen LogP contribution is -2.68. The van der Waals surface area contributed by atoms with E-state index in [2.05, 4.69) is 32.9 Å². The fraction of sp³-hybridized carbons (Fsp3) is 0.738. The number of hydrogen-bond donors (Lipinski definition) is 4. The van der Waals surface area contributed by atoms with Gasteiger partial charge in [-0.05, 0) is 127 Å². The van der Waals surface area contributed by atoms with Crippen molar-refractivity contribution >= 4 is 17.9 Å². The van der Waals surface area contributed by atoms with Crippen LogP contribution in [0, 0.1) is 39.9 Å². The van der Waals surface area contributed by atoms with Crippen LogP contribution < -0.4 is 0 Å². The van der Waals surface area contributed by atoms with E-state index in [1.807, 2.05) is 13.8 Å². The summed E-state index contributed by atoms with van der Waals surface area (Å²) in [7, 11) is 0. The lowest BCUT2D eigenvalue weighted by atomic mass is 9.39. The predicted molar refractivity (Wildman–Crippen MR) is 198 cm³/mol. The molecule has 4 rings (SSSR count). The Hall–Kier alpha value is -2.79. The van der Waals surface area contributed by atoms with E-state index in [1.54, 1.807) is 53.7 Å². The van der Waals surface area contributed by atoms with Crippen LogP contribution in [0.4, 0.5) is 0 Å². The zero-order valence-corrected chi connectivity index (χ0v) is 33.2. The van der Waals surface area contributed by atoms with Crippen molar-refractivity contribution in [3.63, 3.8) is 0 Å². The van der Waals surface area contributed by atoms with E-state index < -0.39 is 76.0 Å². The molecule has 0 amide bonds. The first-order valence-corrected chi connectivity index (χ1v) is 19.0. The van der Waals surface area contributed by atoms with Crippen LogP contribution in [0.15, 0.2) is 46.6 Å². The molecule has 3 fully saturated rings. The third-order valence-corrected chi connectivity index (χ3v) is 13.5. The Labute approximate surface area is 310 Å². The molecule has 2 saturated carbocycles. The summed E-state index contributed by atoms with van der Waals surface area (Å²) in [6, 6.07) is 0. The highest BCUT2D eigenvalue weighted by atomic mass is 16.6. The molecule has 10 heteroatoms.